The number of aryl methyl sites for hydroxylation is 1. The van der Waals surface area contributed by atoms with Crippen molar-refractivity contribution >= 4 is 0 Å². The summed E-state index contributed by atoms with van der Waals surface area (Å²) in [6.45, 7) is 1.62. The van der Waals surface area contributed by atoms with Crippen LogP contribution in [0, 0.1) is 18.6 Å². The zero-order valence-electron chi connectivity index (χ0n) is 7.29. The van der Waals surface area contributed by atoms with E-state index in [1.807, 2.05) is 0 Å². The molecule has 0 spiro atoms. The van der Waals surface area contributed by atoms with Crippen LogP contribution in [0.1, 0.15) is 5.82 Å². The minimum absolute atomic E-state index is 0.0556. The molecule has 0 fully saturated rings. The second-order valence-electron chi connectivity index (χ2n) is 2.77. The SMILES string of the molecule is Cc1noc(-c2ccc(F)cc2F)n1. The molecule has 14 heavy (non-hydrogen) atoms. The van der Waals surface area contributed by atoms with E-state index < -0.39 is 11.6 Å². The van der Waals surface area contributed by atoms with E-state index in [4.69, 9.17) is 4.52 Å². The van der Waals surface area contributed by atoms with Crippen LogP contribution in [0.3, 0.4) is 0 Å². The van der Waals surface area contributed by atoms with Gasteiger partial charge in [0.25, 0.3) is 5.89 Å². The Morgan fingerprint density at radius 2 is 2.07 bits per heavy atom. The first-order chi connectivity index (χ1) is 6.66. The maximum absolute atomic E-state index is 13.2. The first-order valence-corrected chi connectivity index (χ1v) is 3.92. The molecule has 2 rings (SSSR count). The zero-order chi connectivity index (χ0) is 10.1. The molecule has 1 heterocycles. The Bertz CT molecular complexity index is 468. The molecule has 0 aliphatic carbocycles. The molecule has 5 heteroatoms. The maximum Gasteiger partial charge on any atom is 0.260 e. The Morgan fingerprint density at radius 1 is 1.29 bits per heavy atom. The number of nitrogens with zero attached hydrogens (tertiary/aromatic N) is 2. The number of benzene rings is 1. The minimum Gasteiger partial charge on any atom is -0.334 e. The first-order valence-electron chi connectivity index (χ1n) is 3.92. The molecule has 0 unspecified atom stereocenters. The Morgan fingerprint density at radius 3 is 2.64 bits per heavy atom. The van der Waals surface area contributed by atoms with E-state index in [1.165, 1.54) is 6.07 Å². The van der Waals surface area contributed by atoms with Crippen LogP contribution in [0.2, 0.25) is 0 Å². The first kappa shape index (κ1) is 8.80. The highest BCUT2D eigenvalue weighted by molar-refractivity contribution is 5.53. The number of hydrogen-bond donors (Lipinski definition) is 0. The van der Waals surface area contributed by atoms with Gasteiger partial charge in [0.15, 0.2) is 5.82 Å². The van der Waals surface area contributed by atoms with Gasteiger partial charge in [0.2, 0.25) is 0 Å². The van der Waals surface area contributed by atoms with Crippen LogP contribution in [-0.2, 0) is 0 Å². The van der Waals surface area contributed by atoms with Crippen LogP contribution in [0.5, 0.6) is 0 Å². The van der Waals surface area contributed by atoms with Gasteiger partial charge in [-0.05, 0) is 19.1 Å². The van der Waals surface area contributed by atoms with Crippen molar-refractivity contribution in [3.63, 3.8) is 0 Å². The molecule has 0 radical (unpaired) electrons. The molecule has 0 saturated heterocycles. The van der Waals surface area contributed by atoms with Crippen molar-refractivity contribution in [1.29, 1.82) is 0 Å². The molecular formula is C9H6F2N2O. The molecule has 0 aliphatic rings. The van der Waals surface area contributed by atoms with Crippen LogP contribution in [0.4, 0.5) is 8.78 Å². The van der Waals surface area contributed by atoms with Gasteiger partial charge in [0, 0.05) is 6.07 Å². The Labute approximate surface area is 78.4 Å². The van der Waals surface area contributed by atoms with Gasteiger partial charge in [-0.2, -0.15) is 4.98 Å². The van der Waals surface area contributed by atoms with Crippen molar-refractivity contribution in [3.05, 3.63) is 35.7 Å². The number of halogens is 2. The zero-order valence-corrected chi connectivity index (χ0v) is 7.29. The summed E-state index contributed by atoms with van der Waals surface area (Å²) in [5.41, 5.74) is 0.104. The summed E-state index contributed by atoms with van der Waals surface area (Å²) in [6.07, 6.45) is 0. The van der Waals surface area contributed by atoms with E-state index >= 15 is 0 Å². The summed E-state index contributed by atoms with van der Waals surface area (Å²) in [6, 6.07) is 3.17. The van der Waals surface area contributed by atoms with Crippen molar-refractivity contribution in [1.82, 2.24) is 10.1 Å². The topological polar surface area (TPSA) is 38.9 Å². The highest BCUT2D eigenvalue weighted by atomic mass is 19.1. The lowest BCUT2D eigenvalue weighted by molar-refractivity contribution is 0.423. The maximum atomic E-state index is 13.2. The summed E-state index contributed by atoms with van der Waals surface area (Å²) in [5.74, 6) is -0.889. The summed E-state index contributed by atoms with van der Waals surface area (Å²) in [4.78, 5) is 3.83. The largest absolute Gasteiger partial charge is 0.334 e. The van der Waals surface area contributed by atoms with Gasteiger partial charge >= 0.3 is 0 Å². The Hall–Kier alpha value is -1.78. The smallest absolute Gasteiger partial charge is 0.260 e. The second kappa shape index (κ2) is 3.17. The van der Waals surface area contributed by atoms with Crippen LogP contribution < -0.4 is 0 Å². The molecule has 72 valence electrons. The molecular weight excluding hydrogens is 190 g/mol. The molecule has 0 bridgehead atoms. The Kier molecular flexibility index (Phi) is 1.99. The fourth-order valence-electron chi connectivity index (χ4n) is 1.07. The highest BCUT2D eigenvalue weighted by Gasteiger charge is 2.11. The molecule has 1 aromatic carbocycles. The van der Waals surface area contributed by atoms with E-state index in [-0.39, 0.29) is 11.5 Å². The van der Waals surface area contributed by atoms with Gasteiger partial charge in [-0.25, -0.2) is 8.78 Å². The van der Waals surface area contributed by atoms with Crippen LogP contribution in [-0.4, -0.2) is 10.1 Å². The summed E-state index contributed by atoms with van der Waals surface area (Å²) in [7, 11) is 0. The summed E-state index contributed by atoms with van der Waals surface area (Å²) in [5, 5.41) is 3.51. The van der Waals surface area contributed by atoms with Crippen molar-refractivity contribution in [3.8, 4) is 11.5 Å². The lowest BCUT2D eigenvalue weighted by Gasteiger charge is -1.95. The van der Waals surface area contributed by atoms with E-state index in [0.29, 0.717) is 5.82 Å². The van der Waals surface area contributed by atoms with Crippen LogP contribution in [0.15, 0.2) is 22.7 Å². The van der Waals surface area contributed by atoms with Gasteiger partial charge in [0.05, 0.1) is 5.56 Å². The number of hydrogen-bond acceptors (Lipinski definition) is 3. The molecule has 1 aromatic heterocycles. The average Bonchev–Trinajstić information content (AvgIpc) is 2.51. The summed E-state index contributed by atoms with van der Waals surface area (Å²) < 4.78 is 30.5. The van der Waals surface area contributed by atoms with Gasteiger partial charge < -0.3 is 4.52 Å². The van der Waals surface area contributed by atoms with Crippen molar-refractivity contribution in [2.45, 2.75) is 6.92 Å². The van der Waals surface area contributed by atoms with Crippen LogP contribution >= 0.6 is 0 Å². The minimum atomic E-state index is -0.714. The Balaban J connectivity index is 2.52. The molecule has 0 aliphatic heterocycles. The van der Waals surface area contributed by atoms with E-state index in [0.717, 1.165) is 12.1 Å². The van der Waals surface area contributed by atoms with E-state index in [9.17, 15) is 8.78 Å². The normalized spacial score (nSPS) is 10.5. The van der Waals surface area contributed by atoms with Gasteiger partial charge in [-0.15, -0.1) is 0 Å². The second-order valence-corrected chi connectivity index (χ2v) is 2.77. The number of aromatic nitrogens is 2. The highest BCUT2D eigenvalue weighted by Crippen LogP contribution is 2.21. The quantitative estimate of drug-likeness (QED) is 0.702. The lowest BCUT2D eigenvalue weighted by atomic mass is 10.2. The molecule has 0 saturated carbocycles. The summed E-state index contributed by atoms with van der Waals surface area (Å²) >= 11 is 0. The molecule has 0 atom stereocenters. The van der Waals surface area contributed by atoms with Crippen molar-refractivity contribution in [2.24, 2.45) is 0 Å². The molecule has 0 N–H and O–H groups in total. The third kappa shape index (κ3) is 1.48. The fourth-order valence-corrected chi connectivity index (χ4v) is 1.07. The van der Waals surface area contributed by atoms with Gasteiger partial charge in [0.1, 0.15) is 11.6 Å². The van der Waals surface area contributed by atoms with Crippen LogP contribution in [0.25, 0.3) is 11.5 Å². The van der Waals surface area contributed by atoms with E-state index in [1.54, 1.807) is 6.92 Å². The standard InChI is InChI=1S/C9H6F2N2O/c1-5-12-9(14-13-5)7-3-2-6(10)4-8(7)11/h2-4H,1H3. The van der Waals surface area contributed by atoms with E-state index in [2.05, 4.69) is 10.1 Å². The number of rotatable bonds is 1. The fraction of sp³-hybridized carbons (Fsp3) is 0.111. The van der Waals surface area contributed by atoms with Gasteiger partial charge in [-0.1, -0.05) is 5.16 Å². The van der Waals surface area contributed by atoms with Gasteiger partial charge in [-0.3, -0.25) is 0 Å². The lowest BCUT2D eigenvalue weighted by Crippen LogP contribution is -1.86. The third-order valence-electron chi connectivity index (χ3n) is 1.69. The van der Waals surface area contributed by atoms with Crippen molar-refractivity contribution in [2.75, 3.05) is 0 Å². The third-order valence-corrected chi connectivity index (χ3v) is 1.69. The predicted molar refractivity (Wildman–Crippen MR) is 44.4 cm³/mol. The van der Waals surface area contributed by atoms with Crippen molar-refractivity contribution < 1.29 is 13.3 Å². The average molecular weight is 196 g/mol. The predicted octanol–water partition coefficient (Wildman–Crippen LogP) is 2.32. The molecule has 2 aromatic rings. The molecule has 0 amide bonds. The molecule has 3 nitrogen and oxygen atoms in total. The monoisotopic (exact) mass is 196 g/mol.